The molecule has 2 fully saturated rings. The van der Waals surface area contributed by atoms with E-state index in [-0.39, 0.29) is 29.6 Å². The maximum Gasteiger partial charge on any atom is 0.189 e. The van der Waals surface area contributed by atoms with Crippen LogP contribution >= 0.6 is 23.1 Å². The van der Waals surface area contributed by atoms with Crippen LogP contribution < -0.4 is 5.32 Å². The number of aromatic nitrogens is 4. The number of carbonyl (C=O) groups excluding carboxylic acids is 1. The van der Waals surface area contributed by atoms with Crippen LogP contribution in [0.25, 0.3) is 20.8 Å². The Balaban J connectivity index is 1.57. The Morgan fingerprint density at radius 1 is 1.25 bits per heavy atom. The molecule has 1 N–H and O–H groups in total. The number of thiazole rings is 1. The lowest BCUT2D eigenvalue weighted by Crippen LogP contribution is -2.34. The average molecular weight is 470 g/mol. The summed E-state index contributed by atoms with van der Waals surface area (Å²) in [4.78, 5) is 30.6. The zero-order valence-electron chi connectivity index (χ0n) is 18.9. The molecule has 5 rings (SSSR count). The van der Waals surface area contributed by atoms with Gasteiger partial charge in [-0.05, 0) is 58.8 Å². The van der Waals surface area contributed by atoms with Crippen molar-refractivity contribution in [2.24, 2.45) is 11.8 Å². The average Bonchev–Trinajstić information content (AvgIpc) is 3.39. The molecule has 3 aromatic rings. The highest BCUT2D eigenvalue weighted by Gasteiger charge is 2.52. The first-order chi connectivity index (χ1) is 15.3. The molecule has 0 amide bonds. The number of fused-ring (bicyclic) bond motifs is 2. The topological polar surface area (TPSA) is 89.9 Å². The zero-order valence-corrected chi connectivity index (χ0v) is 20.5. The van der Waals surface area contributed by atoms with Gasteiger partial charge in [0.2, 0.25) is 0 Å². The molecule has 0 radical (unpaired) electrons. The number of hydrogen-bond acceptors (Lipinski definition) is 9. The molecule has 1 saturated heterocycles. The standard InChI is InChI=1S/C23H27N5O2S2/c1-11-17(21-27-18-12(2)24-7-6-16(18)32-21)20(28-22(25-11)31-5)26-15-8-13(10-29)14-9-23(3,4)30-19(14)15/h6-7,10,13-15,19H,8-9H2,1-5H3,(H,25,26,28)/t13-,14-,15-,19-/m1/s1. The number of anilines is 1. The third-order valence-electron chi connectivity index (χ3n) is 6.53. The Hall–Kier alpha value is -2.10. The summed E-state index contributed by atoms with van der Waals surface area (Å²) in [6.07, 6.45) is 6.53. The van der Waals surface area contributed by atoms with E-state index in [4.69, 9.17) is 19.7 Å². The van der Waals surface area contributed by atoms with E-state index in [0.29, 0.717) is 5.16 Å². The van der Waals surface area contributed by atoms with Crippen LogP contribution in [0.5, 0.6) is 0 Å². The van der Waals surface area contributed by atoms with Crippen LogP contribution in [-0.2, 0) is 9.53 Å². The fourth-order valence-corrected chi connectivity index (χ4v) is 6.65. The highest BCUT2D eigenvalue weighted by Crippen LogP contribution is 2.48. The second kappa shape index (κ2) is 8.04. The molecule has 1 aliphatic heterocycles. The molecule has 2 aliphatic rings. The van der Waals surface area contributed by atoms with Crippen molar-refractivity contribution in [3.8, 4) is 10.6 Å². The minimum atomic E-state index is -0.219. The van der Waals surface area contributed by atoms with Crippen molar-refractivity contribution in [3.63, 3.8) is 0 Å². The van der Waals surface area contributed by atoms with Crippen LogP contribution in [-0.4, -0.2) is 50.2 Å². The highest BCUT2D eigenvalue weighted by atomic mass is 32.2. The third kappa shape index (κ3) is 3.70. The molecule has 1 saturated carbocycles. The van der Waals surface area contributed by atoms with E-state index in [1.807, 2.05) is 32.4 Å². The van der Waals surface area contributed by atoms with E-state index < -0.39 is 0 Å². The second-order valence-corrected chi connectivity index (χ2v) is 11.1. The minimum absolute atomic E-state index is 0.00172. The fourth-order valence-electron chi connectivity index (χ4n) is 5.13. The summed E-state index contributed by atoms with van der Waals surface area (Å²) >= 11 is 3.14. The van der Waals surface area contributed by atoms with Crippen molar-refractivity contribution >= 4 is 45.4 Å². The van der Waals surface area contributed by atoms with Crippen molar-refractivity contribution < 1.29 is 9.53 Å². The van der Waals surface area contributed by atoms with E-state index >= 15 is 0 Å². The van der Waals surface area contributed by atoms with Gasteiger partial charge in [-0.15, -0.1) is 11.3 Å². The molecule has 32 heavy (non-hydrogen) atoms. The fraction of sp³-hybridized carbons (Fsp3) is 0.522. The first kappa shape index (κ1) is 21.7. The van der Waals surface area contributed by atoms with E-state index in [9.17, 15) is 4.79 Å². The number of nitrogens with zero attached hydrogens (tertiary/aromatic N) is 4. The van der Waals surface area contributed by atoms with Crippen molar-refractivity contribution in [1.82, 2.24) is 19.9 Å². The molecule has 0 unspecified atom stereocenters. The molecular weight excluding hydrogens is 442 g/mol. The summed E-state index contributed by atoms with van der Waals surface area (Å²) in [6, 6.07) is 2.01. The quantitative estimate of drug-likeness (QED) is 0.328. The lowest BCUT2D eigenvalue weighted by atomic mass is 9.89. The molecule has 0 bridgehead atoms. The monoisotopic (exact) mass is 469 g/mol. The van der Waals surface area contributed by atoms with E-state index in [0.717, 1.165) is 57.1 Å². The Morgan fingerprint density at radius 3 is 2.78 bits per heavy atom. The lowest BCUT2D eigenvalue weighted by molar-refractivity contribution is -0.112. The van der Waals surface area contributed by atoms with Crippen LogP contribution in [0.15, 0.2) is 17.4 Å². The maximum atomic E-state index is 11.8. The predicted octanol–water partition coefficient (Wildman–Crippen LogP) is 4.67. The molecule has 3 aromatic heterocycles. The number of aryl methyl sites for hydroxylation is 2. The number of rotatable bonds is 5. The number of carbonyl (C=O) groups is 1. The van der Waals surface area contributed by atoms with E-state index in [1.165, 1.54) is 11.8 Å². The van der Waals surface area contributed by atoms with Gasteiger partial charge in [-0.1, -0.05) is 11.8 Å². The lowest BCUT2D eigenvalue weighted by Gasteiger charge is -2.26. The molecule has 168 valence electrons. The first-order valence-electron chi connectivity index (χ1n) is 10.8. The molecule has 7 nitrogen and oxygen atoms in total. The Morgan fingerprint density at radius 2 is 2.06 bits per heavy atom. The number of nitrogens with one attached hydrogen (secondary N) is 1. The van der Waals surface area contributed by atoms with Crippen molar-refractivity contribution in [2.45, 2.75) is 63.4 Å². The summed E-state index contributed by atoms with van der Waals surface area (Å²) in [5.74, 6) is 1.000. The van der Waals surface area contributed by atoms with Gasteiger partial charge in [0.05, 0.1) is 39.4 Å². The van der Waals surface area contributed by atoms with Gasteiger partial charge in [0.1, 0.15) is 22.6 Å². The molecule has 0 aromatic carbocycles. The highest BCUT2D eigenvalue weighted by molar-refractivity contribution is 7.98. The Kier molecular flexibility index (Phi) is 5.46. The van der Waals surface area contributed by atoms with Gasteiger partial charge in [-0.3, -0.25) is 4.98 Å². The Bertz CT molecular complexity index is 1190. The first-order valence-corrected chi connectivity index (χ1v) is 12.9. The molecule has 9 heteroatoms. The number of hydrogen-bond donors (Lipinski definition) is 1. The zero-order chi connectivity index (χ0) is 22.6. The minimum Gasteiger partial charge on any atom is -0.370 e. The summed E-state index contributed by atoms with van der Waals surface area (Å²) in [7, 11) is 0. The second-order valence-electron chi connectivity index (χ2n) is 9.28. The van der Waals surface area contributed by atoms with Gasteiger partial charge in [0.25, 0.3) is 0 Å². The normalized spacial score (nSPS) is 26.4. The molecular formula is C23H27N5O2S2. The summed E-state index contributed by atoms with van der Waals surface area (Å²) < 4.78 is 7.49. The number of ether oxygens (including phenoxy) is 1. The predicted molar refractivity (Wildman–Crippen MR) is 128 cm³/mol. The van der Waals surface area contributed by atoms with Crippen molar-refractivity contribution in [2.75, 3.05) is 11.6 Å². The van der Waals surface area contributed by atoms with Crippen LogP contribution in [0, 0.1) is 25.7 Å². The number of aldehydes is 1. The maximum absolute atomic E-state index is 11.8. The molecule has 4 atom stereocenters. The van der Waals surface area contributed by atoms with Gasteiger partial charge in [0, 0.05) is 12.1 Å². The summed E-state index contributed by atoms with van der Waals surface area (Å²) in [5, 5.41) is 5.24. The Labute approximate surface area is 195 Å². The summed E-state index contributed by atoms with van der Waals surface area (Å²) in [6.45, 7) is 8.18. The van der Waals surface area contributed by atoms with Gasteiger partial charge in [-0.2, -0.15) is 0 Å². The van der Waals surface area contributed by atoms with E-state index in [2.05, 4.69) is 24.1 Å². The molecule has 1 aliphatic carbocycles. The van der Waals surface area contributed by atoms with Gasteiger partial charge < -0.3 is 14.8 Å². The molecule has 4 heterocycles. The van der Waals surface area contributed by atoms with E-state index in [1.54, 1.807) is 11.3 Å². The van der Waals surface area contributed by atoms with Crippen LogP contribution in [0.3, 0.4) is 0 Å². The van der Waals surface area contributed by atoms with Crippen LogP contribution in [0.4, 0.5) is 5.82 Å². The van der Waals surface area contributed by atoms with Gasteiger partial charge in [-0.25, -0.2) is 15.0 Å². The van der Waals surface area contributed by atoms with Crippen molar-refractivity contribution in [3.05, 3.63) is 23.7 Å². The van der Waals surface area contributed by atoms with Crippen LogP contribution in [0.1, 0.15) is 38.1 Å². The smallest absolute Gasteiger partial charge is 0.189 e. The SMILES string of the molecule is CSc1nc(C)c(-c2nc3c(C)nccc3s2)c(N[C@@H]2C[C@H](C=O)[C@H]3CC(C)(C)O[C@H]32)n1. The largest absolute Gasteiger partial charge is 0.370 e. The van der Waals surface area contributed by atoms with Crippen LogP contribution in [0.2, 0.25) is 0 Å². The van der Waals surface area contributed by atoms with Gasteiger partial charge >= 0.3 is 0 Å². The number of pyridine rings is 1. The number of thioether (sulfide) groups is 1. The summed E-state index contributed by atoms with van der Waals surface area (Å²) in [5.41, 5.74) is 3.39. The van der Waals surface area contributed by atoms with Crippen molar-refractivity contribution in [1.29, 1.82) is 0 Å². The van der Waals surface area contributed by atoms with Gasteiger partial charge in [0.15, 0.2) is 5.16 Å². The molecule has 0 spiro atoms. The third-order valence-corrected chi connectivity index (χ3v) is 8.12.